The zero-order valence-corrected chi connectivity index (χ0v) is 9.65. The van der Waals surface area contributed by atoms with E-state index in [2.05, 4.69) is 32.2 Å². The van der Waals surface area contributed by atoms with Crippen LogP contribution in [0.25, 0.3) is 0 Å². The lowest BCUT2D eigenvalue weighted by Gasteiger charge is -2.13. The molecule has 1 unspecified atom stereocenters. The molecule has 2 aromatic heterocycles. The maximum absolute atomic E-state index is 5.53. The molecule has 1 atom stereocenters. The van der Waals surface area contributed by atoms with Crippen molar-refractivity contribution < 1.29 is 0 Å². The van der Waals surface area contributed by atoms with Crippen molar-refractivity contribution in [3.63, 3.8) is 0 Å². The molecule has 84 valence electrons. The molecule has 0 radical (unpaired) electrons. The minimum absolute atomic E-state index is 0.0635. The van der Waals surface area contributed by atoms with Gasteiger partial charge in [0, 0.05) is 12.4 Å². The van der Waals surface area contributed by atoms with Crippen LogP contribution >= 0.6 is 11.3 Å². The number of aromatic nitrogens is 2. The van der Waals surface area contributed by atoms with Crippen LogP contribution in [-0.2, 0) is 6.42 Å². The molecule has 0 aliphatic rings. The summed E-state index contributed by atoms with van der Waals surface area (Å²) >= 11 is 1.72. The lowest BCUT2D eigenvalue weighted by atomic mass is 10.1. The first kappa shape index (κ1) is 11.2. The van der Waals surface area contributed by atoms with Crippen molar-refractivity contribution >= 4 is 11.3 Å². The largest absolute Gasteiger partial charge is 0.271 e. The van der Waals surface area contributed by atoms with Crippen molar-refractivity contribution in [3.05, 3.63) is 46.7 Å². The minimum atomic E-state index is 0.0635. The molecule has 5 heteroatoms. The first-order chi connectivity index (χ1) is 7.90. The van der Waals surface area contributed by atoms with Crippen LogP contribution in [0.4, 0.5) is 0 Å². The van der Waals surface area contributed by atoms with E-state index in [1.54, 1.807) is 29.9 Å². The highest BCUT2D eigenvalue weighted by Crippen LogP contribution is 2.16. The Morgan fingerprint density at radius 1 is 1.44 bits per heavy atom. The van der Waals surface area contributed by atoms with Gasteiger partial charge in [0.15, 0.2) is 0 Å². The molecule has 4 nitrogen and oxygen atoms in total. The summed E-state index contributed by atoms with van der Waals surface area (Å²) in [4.78, 5) is 8.29. The van der Waals surface area contributed by atoms with Gasteiger partial charge in [-0.3, -0.25) is 21.2 Å². The van der Waals surface area contributed by atoms with Crippen molar-refractivity contribution in [2.45, 2.75) is 18.9 Å². The molecule has 2 rings (SSSR count). The lowest BCUT2D eigenvalue weighted by Crippen LogP contribution is -2.29. The first-order valence-corrected chi connectivity index (χ1v) is 6.07. The number of nitrogens with one attached hydrogen (secondary N) is 1. The van der Waals surface area contributed by atoms with Gasteiger partial charge in [0.25, 0.3) is 0 Å². The van der Waals surface area contributed by atoms with Gasteiger partial charge in [-0.15, -0.1) is 0 Å². The number of nitrogens with zero attached hydrogens (tertiary/aromatic N) is 2. The Morgan fingerprint density at radius 3 is 3.00 bits per heavy atom. The van der Waals surface area contributed by atoms with Gasteiger partial charge in [-0.25, -0.2) is 0 Å². The van der Waals surface area contributed by atoms with E-state index in [0.717, 1.165) is 18.5 Å². The van der Waals surface area contributed by atoms with E-state index in [4.69, 9.17) is 5.84 Å². The topological polar surface area (TPSA) is 63.8 Å². The average Bonchev–Trinajstić information content (AvgIpc) is 2.84. The SMILES string of the molecule is NNC(CCc1ccsc1)c1cnccn1. The highest BCUT2D eigenvalue weighted by molar-refractivity contribution is 7.07. The monoisotopic (exact) mass is 234 g/mol. The minimum Gasteiger partial charge on any atom is -0.271 e. The van der Waals surface area contributed by atoms with Gasteiger partial charge in [-0.2, -0.15) is 11.3 Å². The predicted molar refractivity (Wildman–Crippen MR) is 64.7 cm³/mol. The van der Waals surface area contributed by atoms with Crippen LogP contribution < -0.4 is 11.3 Å². The smallest absolute Gasteiger partial charge is 0.0769 e. The second-order valence-electron chi connectivity index (χ2n) is 3.52. The van der Waals surface area contributed by atoms with Crippen LogP contribution in [0.3, 0.4) is 0 Å². The maximum atomic E-state index is 5.53. The number of hydrazine groups is 1. The quantitative estimate of drug-likeness (QED) is 0.610. The number of thiophene rings is 1. The summed E-state index contributed by atoms with van der Waals surface area (Å²) in [6, 6.07) is 2.20. The summed E-state index contributed by atoms with van der Waals surface area (Å²) in [6.07, 6.45) is 7.01. The number of nitrogens with two attached hydrogens (primary N) is 1. The maximum Gasteiger partial charge on any atom is 0.0769 e. The van der Waals surface area contributed by atoms with Gasteiger partial charge in [0.05, 0.1) is 17.9 Å². The van der Waals surface area contributed by atoms with Crippen molar-refractivity contribution in [3.8, 4) is 0 Å². The van der Waals surface area contributed by atoms with Crippen molar-refractivity contribution in [1.82, 2.24) is 15.4 Å². The lowest BCUT2D eigenvalue weighted by molar-refractivity contribution is 0.503. The molecule has 0 aromatic carbocycles. The molecule has 0 bridgehead atoms. The first-order valence-electron chi connectivity index (χ1n) is 5.13. The molecule has 0 aliphatic carbocycles. The van der Waals surface area contributed by atoms with E-state index >= 15 is 0 Å². The van der Waals surface area contributed by atoms with E-state index in [1.807, 2.05) is 0 Å². The fraction of sp³-hybridized carbons (Fsp3) is 0.273. The number of hydrogen-bond donors (Lipinski definition) is 2. The summed E-state index contributed by atoms with van der Waals surface area (Å²) in [6.45, 7) is 0. The Hall–Kier alpha value is -1.30. The van der Waals surface area contributed by atoms with Crippen LogP contribution in [0.2, 0.25) is 0 Å². The molecule has 2 aromatic rings. The highest BCUT2D eigenvalue weighted by atomic mass is 32.1. The Labute approximate surface area is 98.5 Å². The van der Waals surface area contributed by atoms with Crippen LogP contribution in [-0.4, -0.2) is 9.97 Å². The summed E-state index contributed by atoms with van der Waals surface area (Å²) in [5.41, 5.74) is 5.01. The molecule has 0 saturated heterocycles. The molecule has 3 N–H and O–H groups in total. The zero-order chi connectivity index (χ0) is 11.2. The highest BCUT2D eigenvalue weighted by Gasteiger charge is 2.10. The van der Waals surface area contributed by atoms with Gasteiger partial charge in [-0.05, 0) is 35.2 Å². The van der Waals surface area contributed by atoms with Crippen molar-refractivity contribution in [2.75, 3.05) is 0 Å². The average molecular weight is 234 g/mol. The second kappa shape index (κ2) is 5.69. The number of rotatable bonds is 5. The van der Waals surface area contributed by atoms with E-state index in [9.17, 15) is 0 Å². The molecule has 0 spiro atoms. The normalized spacial score (nSPS) is 12.6. The van der Waals surface area contributed by atoms with Crippen LogP contribution in [0, 0.1) is 0 Å². The number of aryl methyl sites for hydroxylation is 1. The molecule has 0 saturated carbocycles. The van der Waals surface area contributed by atoms with Crippen LogP contribution in [0.1, 0.15) is 23.7 Å². The Bertz CT molecular complexity index is 401. The van der Waals surface area contributed by atoms with Gasteiger partial charge >= 0.3 is 0 Å². The van der Waals surface area contributed by atoms with E-state index < -0.39 is 0 Å². The number of hydrogen-bond acceptors (Lipinski definition) is 5. The third-order valence-corrected chi connectivity index (χ3v) is 3.18. The Balaban J connectivity index is 1.96. The van der Waals surface area contributed by atoms with Gasteiger partial charge in [0.1, 0.15) is 0 Å². The van der Waals surface area contributed by atoms with Crippen molar-refractivity contribution in [1.29, 1.82) is 0 Å². The summed E-state index contributed by atoms with van der Waals surface area (Å²) < 4.78 is 0. The summed E-state index contributed by atoms with van der Waals surface area (Å²) in [5, 5.41) is 4.24. The molecule has 16 heavy (non-hydrogen) atoms. The standard InChI is InChI=1S/C11H14N4S/c12-15-10(11-7-13-4-5-14-11)2-1-9-3-6-16-8-9/h3-8,10,15H,1-2,12H2. The summed E-state index contributed by atoms with van der Waals surface area (Å²) in [7, 11) is 0. The summed E-state index contributed by atoms with van der Waals surface area (Å²) in [5.74, 6) is 5.53. The zero-order valence-electron chi connectivity index (χ0n) is 8.84. The predicted octanol–water partition coefficient (Wildman–Crippen LogP) is 1.68. The Kier molecular flexibility index (Phi) is 3.98. The Morgan fingerprint density at radius 2 is 2.38 bits per heavy atom. The fourth-order valence-corrected chi connectivity index (χ4v) is 2.26. The van der Waals surface area contributed by atoms with Gasteiger partial charge < -0.3 is 0 Å². The molecule has 0 fully saturated rings. The molecular formula is C11H14N4S. The fourth-order valence-electron chi connectivity index (χ4n) is 1.55. The molecular weight excluding hydrogens is 220 g/mol. The molecule has 0 aliphatic heterocycles. The van der Waals surface area contributed by atoms with Crippen LogP contribution in [0.5, 0.6) is 0 Å². The van der Waals surface area contributed by atoms with E-state index in [0.29, 0.717) is 0 Å². The van der Waals surface area contributed by atoms with E-state index in [1.165, 1.54) is 5.56 Å². The van der Waals surface area contributed by atoms with Crippen molar-refractivity contribution in [2.24, 2.45) is 5.84 Å². The van der Waals surface area contributed by atoms with Gasteiger partial charge in [-0.1, -0.05) is 0 Å². The third kappa shape index (κ3) is 2.85. The van der Waals surface area contributed by atoms with Crippen LogP contribution in [0.15, 0.2) is 35.4 Å². The molecule has 0 amide bonds. The van der Waals surface area contributed by atoms with E-state index in [-0.39, 0.29) is 6.04 Å². The third-order valence-electron chi connectivity index (χ3n) is 2.44. The molecule has 2 heterocycles. The second-order valence-corrected chi connectivity index (χ2v) is 4.30. The van der Waals surface area contributed by atoms with Gasteiger partial charge in [0.2, 0.25) is 0 Å².